The van der Waals surface area contributed by atoms with Gasteiger partial charge in [0.05, 0.1) is 7.11 Å². The van der Waals surface area contributed by atoms with Crippen molar-refractivity contribution in [3.63, 3.8) is 0 Å². The first-order valence-corrected chi connectivity index (χ1v) is 6.98. The summed E-state index contributed by atoms with van der Waals surface area (Å²) in [7, 11) is 1.58. The second-order valence-corrected chi connectivity index (χ2v) is 5.23. The van der Waals surface area contributed by atoms with Crippen LogP contribution in [0.5, 0.6) is 17.4 Å². The molecule has 0 saturated carbocycles. The molecule has 0 bridgehead atoms. The van der Waals surface area contributed by atoms with Crippen molar-refractivity contribution in [2.24, 2.45) is 0 Å². The van der Waals surface area contributed by atoms with Gasteiger partial charge in [0.25, 0.3) is 0 Å². The SMILES string of the molecule is COc1cc(C2CC(=O)Nc3cc4c(cc32)OCO4)ccn1. The quantitative estimate of drug-likeness (QED) is 0.921. The Hall–Kier alpha value is -2.76. The highest BCUT2D eigenvalue weighted by molar-refractivity contribution is 5.96. The lowest BCUT2D eigenvalue weighted by Crippen LogP contribution is -2.23. The van der Waals surface area contributed by atoms with Crippen molar-refractivity contribution in [2.45, 2.75) is 12.3 Å². The second kappa shape index (κ2) is 4.91. The van der Waals surface area contributed by atoms with Gasteiger partial charge in [0.1, 0.15) is 0 Å². The van der Waals surface area contributed by atoms with Crippen molar-refractivity contribution < 1.29 is 19.0 Å². The number of pyridine rings is 1. The Balaban J connectivity index is 1.83. The van der Waals surface area contributed by atoms with E-state index in [1.165, 1.54) is 0 Å². The molecule has 6 nitrogen and oxygen atoms in total. The molecule has 0 fully saturated rings. The predicted molar refractivity (Wildman–Crippen MR) is 78.4 cm³/mol. The monoisotopic (exact) mass is 298 g/mol. The Morgan fingerprint density at radius 3 is 2.91 bits per heavy atom. The highest BCUT2D eigenvalue weighted by atomic mass is 16.7. The third kappa shape index (κ3) is 2.04. The molecule has 1 unspecified atom stereocenters. The molecule has 0 spiro atoms. The Kier molecular flexibility index (Phi) is 2.89. The Labute approximate surface area is 127 Å². The van der Waals surface area contributed by atoms with Crippen LogP contribution in [0.2, 0.25) is 0 Å². The number of hydrogen-bond donors (Lipinski definition) is 1. The molecular weight excluding hydrogens is 284 g/mol. The molecule has 2 aliphatic heterocycles. The summed E-state index contributed by atoms with van der Waals surface area (Å²) in [5.41, 5.74) is 2.76. The van der Waals surface area contributed by atoms with E-state index < -0.39 is 0 Å². The maximum Gasteiger partial charge on any atom is 0.231 e. The lowest BCUT2D eigenvalue weighted by molar-refractivity contribution is -0.116. The van der Waals surface area contributed by atoms with Crippen LogP contribution in [0.25, 0.3) is 0 Å². The molecule has 1 amide bonds. The van der Waals surface area contributed by atoms with Gasteiger partial charge in [-0.25, -0.2) is 4.98 Å². The first-order valence-electron chi connectivity index (χ1n) is 6.98. The van der Waals surface area contributed by atoms with Gasteiger partial charge < -0.3 is 19.5 Å². The summed E-state index contributed by atoms with van der Waals surface area (Å²) in [6.07, 6.45) is 2.06. The van der Waals surface area contributed by atoms with Crippen LogP contribution in [0.1, 0.15) is 23.5 Å². The minimum atomic E-state index is -0.0600. The van der Waals surface area contributed by atoms with Crippen molar-refractivity contribution >= 4 is 11.6 Å². The van der Waals surface area contributed by atoms with Crippen LogP contribution in [0.15, 0.2) is 30.5 Å². The fourth-order valence-corrected chi connectivity index (χ4v) is 2.90. The molecule has 112 valence electrons. The maximum absolute atomic E-state index is 12.0. The van der Waals surface area contributed by atoms with Crippen LogP contribution in [0.3, 0.4) is 0 Å². The minimum Gasteiger partial charge on any atom is -0.481 e. The van der Waals surface area contributed by atoms with Crippen LogP contribution in [0, 0.1) is 0 Å². The van der Waals surface area contributed by atoms with Gasteiger partial charge in [0, 0.05) is 36.4 Å². The summed E-state index contributed by atoms with van der Waals surface area (Å²) in [4.78, 5) is 16.2. The molecule has 0 radical (unpaired) electrons. The highest BCUT2D eigenvalue weighted by Crippen LogP contribution is 2.44. The first-order chi connectivity index (χ1) is 10.7. The molecule has 0 saturated heterocycles. The Morgan fingerprint density at radius 2 is 2.09 bits per heavy atom. The zero-order valence-corrected chi connectivity index (χ0v) is 12.0. The number of benzene rings is 1. The van der Waals surface area contributed by atoms with E-state index in [4.69, 9.17) is 14.2 Å². The van der Waals surface area contributed by atoms with Crippen LogP contribution in [0.4, 0.5) is 5.69 Å². The van der Waals surface area contributed by atoms with E-state index in [1.807, 2.05) is 24.3 Å². The summed E-state index contributed by atoms with van der Waals surface area (Å²) < 4.78 is 16.0. The van der Waals surface area contributed by atoms with E-state index in [1.54, 1.807) is 13.3 Å². The van der Waals surface area contributed by atoms with Gasteiger partial charge in [-0.1, -0.05) is 0 Å². The molecule has 6 heteroatoms. The summed E-state index contributed by atoms with van der Waals surface area (Å²) in [6.45, 7) is 0.208. The summed E-state index contributed by atoms with van der Waals surface area (Å²) in [5.74, 6) is 1.82. The molecule has 1 N–H and O–H groups in total. The average Bonchev–Trinajstić information content (AvgIpc) is 2.99. The number of anilines is 1. The van der Waals surface area contributed by atoms with Gasteiger partial charge in [0.15, 0.2) is 11.5 Å². The minimum absolute atomic E-state index is 0.0212. The van der Waals surface area contributed by atoms with E-state index in [2.05, 4.69) is 10.3 Å². The van der Waals surface area contributed by atoms with Gasteiger partial charge in [-0.3, -0.25) is 4.79 Å². The van der Waals surface area contributed by atoms with Gasteiger partial charge in [-0.15, -0.1) is 0 Å². The van der Waals surface area contributed by atoms with Crippen molar-refractivity contribution in [1.82, 2.24) is 4.98 Å². The van der Waals surface area contributed by atoms with Crippen molar-refractivity contribution in [1.29, 1.82) is 0 Å². The van der Waals surface area contributed by atoms with Crippen LogP contribution in [-0.4, -0.2) is 24.8 Å². The number of fused-ring (bicyclic) bond motifs is 2. The van der Waals surface area contributed by atoms with Gasteiger partial charge >= 0.3 is 0 Å². The molecule has 1 atom stereocenters. The van der Waals surface area contributed by atoms with E-state index in [-0.39, 0.29) is 18.6 Å². The topological polar surface area (TPSA) is 69.7 Å². The standard InChI is InChI=1S/C16H14N2O4/c1-20-16-4-9(2-3-17-16)10-6-15(19)18-12-7-14-13(5-11(10)12)21-8-22-14/h2-5,7,10H,6,8H2,1H3,(H,18,19). The summed E-state index contributed by atoms with van der Waals surface area (Å²) >= 11 is 0. The van der Waals surface area contributed by atoms with Gasteiger partial charge in [-0.2, -0.15) is 0 Å². The van der Waals surface area contributed by atoms with E-state index in [0.717, 1.165) is 16.8 Å². The molecule has 0 aliphatic carbocycles. The van der Waals surface area contributed by atoms with Crippen LogP contribution in [-0.2, 0) is 4.79 Å². The van der Waals surface area contributed by atoms with Crippen LogP contribution >= 0.6 is 0 Å². The molecule has 2 aliphatic rings. The number of aromatic nitrogens is 1. The number of methoxy groups -OCH3 is 1. The zero-order chi connectivity index (χ0) is 15.1. The molecule has 1 aromatic carbocycles. The highest BCUT2D eigenvalue weighted by Gasteiger charge is 2.30. The predicted octanol–water partition coefficient (Wildman–Crippen LogP) is 2.29. The second-order valence-electron chi connectivity index (χ2n) is 5.23. The Bertz CT molecular complexity index is 760. The molecule has 1 aromatic heterocycles. The Morgan fingerprint density at radius 1 is 1.27 bits per heavy atom. The number of ether oxygens (including phenoxy) is 3. The molecular formula is C16H14N2O4. The number of carbonyl (C=O) groups is 1. The molecule has 4 rings (SSSR count). The molecule has 2 aromatic rings. The van der Waals surface area contributed by atoms with E-state index in [0.29, 0.717) is 23.8 Å². The van der Waals surface area contributed by atoms with E-state index >= 15 is 0 Å². The number of nitrogens with one attached hydrogen (secondary N) is 1. The van der Waals surface area contributed by atoms with Gasteiger partial charge in [0.2, 0.25) is 18.6 Å². The summed E-state index contributed by atoms with van der Waals surface area (Å²) in [5, 5.41) is 2.90. The fraction of sp³-hybridized carbons (Fsp3) is 0.250. The lowest BCUT2D eigenvalue weighted by Gasteiger charge is -2.26. The number of amides is 1. The summed E-state index contributed by atoms with van der Waals surface area (Å²) in [6, 6.07) is 7.52. The first kappa shape index (κ1) is 12.9. The number of rotatable bonds is 2. The largest absolute Gasteiger partial charge is 0.481 e. The third-order valence-corrected chi connectivity index (χ3v) is 3.95. The fourth-order valence-electron chi connectivity index (χ4n) is 2.90. The van der Waals surface area contributed by atoms with Gasteiger partial charge in [-0.05, 0) is 23.3 Å². The van der Waals surface area contributed by atoms with E-state index in [9.17, 15) is 4.79 Å². The van der Waals surface area contributed by atoms with Crippen molar-refractivity contribution in [3.8, 4) is 17.4 Å². The van der Waals surface area contributed by atoms with Crippen LogP contribution < -0.4 is 19.5 Å². The lowest BCUT2D eigenvalue weighted by atomic mass is 9.85. The number of carbonyl (C=O) groups excluding carboxylic acids is 1. The molecule has 22 heavy (non-hydrogen) atoms. The van der Waals surface area contributed by atoms with Crippen molar-refractivity contribution in [3.05, 3.63) is 41.6 Å². The zero-order valence-electron chi connectivity index (χ0n) is 12.0. The van der Waals surface area contributed by atoms with Crippen molar-refractivity contribution in [2.75, 3.05) is 19.2 Å². The normalized spacial score (nSPS) is 18.6. The average molecular weight is 298 g/mol. The number of nitrogens with zero attached hydrogens (tertiary/aromatic N) is 1. The number of hydrogen-bond acceptors (Lipinski definition) is 5. The maximum atomic E-state index is 12.0. The smallest absolute Gasteiger partial charge is 0.231 e. The third-order valence-electron chi connectivity index (χ3n) is 3.95. The molecule has 3 heterocycles.